The molecule has 102 valence electrons. The summed E-state index contributed by atoms with van der Waals surface area (Å²) in [5.41, 5.74) is 1.64. The van der Waals surface area contributed by atoms with Gasteiger partial charge in [0.1, 0.15) is 6.33 Å². The fourth-order valence-corrected chi connectivity index (χ4v) is 2.47. The van der Waals surface area contributed by atoms with Crippen molar-refractivity contribution in [1.29, 1.82) is 0 Å². The number of nitrogens with zero attached hydrogens (tertiary/aromatic N) is 5. The zero-order valence-electron chi connectivity index (χ0n) is 9.99. The Labute approximate surface area is 128 Å². The molecule has 0 atom stereocenters. The van der Waals surface area contributed by atoms with Gasteiger partial charge in [-0.1, -0.05) is 40.2 Å². The van der Waals surface area contributed by atoms with Crippen LogP contribution in [-0.4, -0.2) is 30.2 Å². The minimum absolute atomic E-state index is 0.484. The van der Waals surface area contributed by atoms with Gasteiger partial charge in [0.25, 0.3) is 0 Å². The highest BCUT2D eigenvalue weighted by Crippen LogP contribution is 2.24. The van der Waals surface area contributed by atoms with Crippen LogP contribution in [0, 0.1) is 0 Å². The largest absolute Gasteiger partial charge is 0.254 e. The van der Waals surface area contributed by atoms with Crippen LogP contribution < -0.4 is 0 Å². The van der Waals surface area contributed by atoms with Crippen molar-refractivity contribution in [2.45, 2.75) is 10.9 Å². The van der Waals surface area contributed by atoms with Gasteiger partial charge in [0.05, 0.1) is 27.6 Å². The number of thioether (sulfide) groups is 1. The number of nitrogens with one attached hydrogen (secondary N) is 1. The maximum absolute atomic E-state index is 5.98. The van der Waals surface area contributed by atoms with Gasteiger partial charge in [-0.15, -0.1) is 5.10 Å². The second-order valence-corrected chi connectivity index (χ2v) is 5.61. The Morgan fingerprint density at radius 3 is 2.90 bits per heavy atom. The standard InChI is InChI=1S/C11H8Cl2N6S/c12-9-2-1-8(3-10(9)13)19-4-7(16-18-19)5-20-11-14-6-15-17-11/h1-4,6H,5H2,(H,14,15,17). The first-order chi connectivity index (χ1) is 9.72. The van der Waals surface area contributed by atoms with Gasteiger partial charge in [0.2, 0.25) is 0 Å². The van der Waals surface area contributed by atoms with Crippen LogP contribution in [0.1, 0.15) is 5.69 Å². The fraction of sp³-hybridized carbons (Fsp3) is 0.0909. The zero-order chi connectivity index (χ0) is 13.9. The number of H-pyrrole nitrogens is 1. The third-order valence-electron chi connectivity index (χ3n) is 2.46. The Bertz CT molecular complexity index is 712. The highest BCUT2D eigenvalue weighted by Gasteiger charge is 2.06. The van der Waals surface area contributed by atoms with Gasteiger partial charge >= 0.3 is 0 Å². The molecule has 0 radical (unpaired) electrons. The Hall–Kier alpha value is -1.57. The lowest BCUT2D eigenvalue weighted by atomic mass is 10.3. The van der Waals surface area contributed by atoms with Crippen LogP contribution in [0.25, 0.3) is 5.69 Å². The van der Waals surface area contributed by atoms with Gasteiger partial charge in [0, 0.05) is 5.75 Å². The molecule has 3 rings (SSSR count). The van der Waals surface area contributed by atoms with E-state index in [9.17, 15) is 0 Å². The smallest absolute Gasteiger partial charge is 0.183 e. The van der Waals surface area contributed by atoms with Crippen LogP contribution in [0.2, 0.25) is 10.0 Å². The van der Waals surface area contributed by atoms with Gasteiger partial charge in [-0.05, 0) is 18.2 Å². The SMILES string of the molecule is Clc1ccc(-n2cc(CSc3ncn[nH]3)nn2)cc1Cl. The molecular weight excluding hydrogens is 319 g/mol. The van der Waals surface area contributed by atoms with E-state index >= 15 is 0 Å². The summed E-state index contributed by atoms with van der Waals surface area (Å²) < 4.78 is 1.65. The molecule has 6 nitrogen and oxygen atoms in total. The van der Waals surface area contributed by atoms with E-state index in [-0.39, 0.29) is 0 Å². The van der Waals surface area contributed by atoms with E-state index in [2.05, 4.69) is 25.5 Å². The molecule has 20 heavy (non-hydrogen) atoms. The molecule has 0 bridgehead atoms. The molecule has 1 aromatic carbocycles. The van der Waals surface area contributed by atoms with Crippen LogP contribution in [0.4, 0.5) is 0 Å². The average Bonchev–Trinajstić information content (AvgIpc) is 3.10. The molecule has 0 aliphatic heterocycles. The van der Waals surface area contributed by atoms with Crippen LogP contribution in [0.3, 0.4) is 0 Å². The molecule has 0 unspecified atom stereocenters. The van der Waals surface area contributed by atoms with Gasteiger partial charge < -0.3 is 0 Å². The third-order valence-corrected chi connectivity index (χ3v) is 4.11. The fourth-order valence-electron chi connectivity index (χ4n) is 1.52. The van der Waals surface area contributed by atoms with Crippen molar-refractivity contribution in [3.8, 4) is 5.69 Å². The second-order valence-electron chi connectivity index (χ2n) is 3.83. The van der Waals surface area contributed by atoms with Crippen molar-refractivity contribution in [3.05, 3.63) is 46.5 Å². The lowest BCUT2D eigenvalue weighted by Crippen LogP contribution is -1.94. The first-order valence-electron chi connectivity index (χ1n) is 5.57. The molecule has 0 amide bonds. The normalized spacial score (nSPS) is 10.9. The predicted molar refractivity (Wildman–Crippen MR) is 77.3 cm³/mol. The van der Waals surface area contributed by atoms with E-state index in [1.54, 1.807) is 16.8 Å². The van der Waals surface area contributed by atoms with Gasteiger partial charge in [-0.3, -0.25) is 5.10 Å². The van der Waals surface area contributed by atoms with Crippen molar-refractivity contribution in [2.75, 3.05) is 0 Å². The summed E-state index contributed by atoms with van der Waals surface area (Å²) in [5, 5.41) is 16.5. The number of hydrogen-bond acceptors (Lipinski definition) is 5. The monoisotopic (exact) mass is 326 g/mol. The average molecular weight is 327 g/mol. The summed E-state index contributed by atoms with van der Waals surface area (Å²) >= 11 is 13.4. The lowest BCUT2D eigenvalue weighted by molar-refractivity contribution is 0.800. The van der Waals surface area contributed by atoms with Crippen molar-refractivity contribution >= 4 is 35.0 Å². The molecule has 0 fully saturated rings. The van der Waals surface area contributed by atoms with Crippen LogP contribution in [-0.2, 0) is 5.75 Å². The third kappa shape index (κ3) is 2.95. The molecule has 0 aliphatic rings. The van der Waals surface area contributed by atoms with E-state index in [0.29, 0.717) is 15.8 Å². The highest BCUT2D eigenvalue weighted by atomic mass is 35.5. The number of rotatable bonds is 4. The van der Waals surface area contributed by atoms with E-state index in [1.165, 1.54) is 18.1 Å². The maximum atomic E-state index is 5.98. The molecule has 2 aromatic heterocycles. The van der Waals surface area contributed by atoms with Crippen LogP contribution in [0.15, 0.2) is 35.9 Å². The second kappa shape index (κ2) is 5.82. The van der Waals surface area contributed by atoms with Gasteiger partial charge in [0.15, 0.2) is 5.16 Å². The number of benzene rings is 1. The summed E-state index contributed by atoms with van der Waals surface area (Å²) in [6.45, 7) is 0. The number of hydrogen-bond donors (Lipinski definition) is 1. The number of aromatic nitrogens is 6. The topological polar surface area (TPSA) is 72.3 Å². The van der Waals surface area contributed by atoms with Crippen molar-refractivity contribution < 1.29 is 0 Å². The molecule has 0 saturated heterocycles. The summed E-state index contributed by atoms with van der Waals surface area (Å²) in [6, 6.07) is 5.30. The molecule has 1 N–H and O–H groups in total. The Kier molecular flexibility index (Phi) is 3.90. The summed E-state index contributed by atoms with van der Waals surface area (Å²) in [6.07, 6.45) is 3.30. The Morgan fingerprint density at radius 1 is 1.25 bits per heavy atom. The minimum Gasteiger partial charge on any atom is -0.254 e. The number of aromatic amines is 1. The summed E-state index contributed by atoms with van der Waals surface area (Å²) in [7, 11) is 0. The first kappa shape index (κ1) is 13.4. The number of halogens is 2. The Balaban J connectivity index is 1.74. The highest BCUT2D eigenvalue weighted by molar-refractivity contribution is 7.98. The summed E-state index contributed by atoms with van der Waals surface area (Å²) in [4.78, 5) is 4.03. The van der Waals surface area contributed by atoms with E-state index in [1.807, 2.05) is 12.3 Å². The molecule has 0 spiro atoms. The van der Waals surface area contributed by atoms with Crippen LogP contribution >= 0.6 is 35.0 Å². The van der Waals surface area contributed by atoms with E-state index in [0.717, 1.165) is 16.5 Å². The van der Waals surface area contributed by atoms with Gasteiger partial charge in [-0.25, -0.2) is 9.67 Å². The van der Waals surface area contributed by atoms with E-state index in [4.69, 9.17) is 23.2 Å². The molecule has 0 saturated carbocycles. The summed E-state index contributed by atoms with van der Waals surface area (Å²) in [5.74, 6) is 0.649. The van der Waals surface area contributed by atoms with Crippen molar-refractivity contribution in [1.82, 2.24) is 30.2 Å². The zero-order valence-corrected chi connectivity index (χ0v) is 12.3. The lowest BCUT2D eigenvalue weighted by Gasteiger charge is -2.01. The molecule has 9 heteroatoms. The van der Waals surface area contributed by atoms with Gasteiger partial charge in [-0.2, -0.15) is 5.10 Å². The minimum atomic E-state index is 0.484. The predicted octanol–water partition coefficient (Wildman–Crippen LogP) is 2.98. The molecule has 3 aromatic rings. The Morgan fingerprint density at radius 2 is 2.15 bits per heavy atom. The maximum Gasteiger partial charge on any atom is 0.183 e. The van der Waals surface area contributed by atoms with Crippen LogP contribution in [0.5, 0.6) is 0 Å². The molecule has 0 aliphatic carbocycles. The molecular formula is C11H8Cl2N6S. The van der Waals surface area contributed by atoms with Crippen molar-refractivity contribution in [3.63, 3.8) is 0 Å². The van der Waals surface area contributed by atoms with Crippen molar-refractivity contribution in [2.24, 2.45) is 0 Å². The first-order valence-corrected chi connectivity index (χ1v) is 7.31. The van der Waals surface area contributed by atoms with E-state index < -0.39 is 0 Å². The quantitative estimate of drug-likeness (QED) is 0.746. The molecule has 2 heterocycles.